The molecule has 0 aliphatic carbocycles. The number of rotatable bonds is 1. The smallest absolute Gasteiger partial charge is 0.377 e. The number of halogens is 6. The Balaban J connectivity index is 2.02. The first-order valence-corrected chi connectivity index (χ1v) is 8.02. The molecule has 4 rings (SSSR count). The lowest BCUT2D eigenvalue weighted by Gasteiger charge is -2.15. The molecule has 0 saturated carbocycles. The number of ether oxygens (including phenoxy) is 1. The highest BCUT2D eigenvalue weighted by Crippen LogP contribution is 2.40. The van der Waals surface area contributed by atoms with Crippen molar-refractivity contribution in [2.24, 2.45) is 0 Å². The molecule has 0 bridgehead atoms. The van der Waals surface area contributed by atoms with Gasteiger partial charge in [0.2, 0.25) is 0 Å². The molecule has 1 N–H and O–H groups in total. The van der Waals surface area contributed by atoms with Gasteiger partial charge in [0.05, 0.1) is 35.5 Å². The second-order valence-corrected chi connectivity index (χ2v) is 6.21. The van der Waals surface area contributed by atoms with Crippen molar-refractivity contribution in [2.75, 3.05) is 13.2 Å². The van der Waals surface area contributed by atoms with Crippen LogP contribution >= 0.6 is 0 Å². The highest BCUT2D eigenvalue weighted by Gasteiger charge is 2.39. The van der Waals surface area contributed by atoms with Crippen LogP contribution in [0.4, 0.5) is 26.3 Å². The zero-order chi connectivity index (χ0) is 19.4. The zero-order valence-electron chi connectivity index (χ0n) is 13.6. The molecular weight excluding hydrogens is 374 g/mol. The maximum atomic E-state index is 13.4. The number of alkyl halides is 6. The van der Waals surface area contributed by atoms with Gasteiger partial charge in [0.25, 0.3) is 0 Å². The molecule has 0 unspecified atom stereocenters. The number of hydrogen-bond acceptors (Lipinski definition) is 2. The van der Waals surface area contributed by atoms with E-state index in [1.807, 2.05) is 0 Å². The lowest BCUT2D eigenvalue weighted by Crippen LogP contribution is -2.13. The Hall–Kier alpha value is -2.55. The van der Waals surface area contributed by atoms with Crippen molar-refractivity contribution in [1.82, 2.24) is 9.97 Å². The predicted octanol–water partition coefficient (Wildman–Crippen LogP) is 5.56. The largest absolute Gasteiger partial charge is 0.431 e. The van der Waals surface area contributed by atoms with Gasteiger partial charge in [-0.2, -0.15) is 26.3 Å². The van der Waals surface area contributed by atoms with Crippen molar-refractivity contribution in [2.45, 2.75) is 18.8 Å². The van der Waals surface area contributed by atoms with Crippen molar-refractivity contribution in [3.63, 3.8) is 0 Å². The summed E-state index contributed by atoms with van der Waals surface area (Å²) in [7, 11) is 0. The lowest BCUT2D eigenvalue weighted by atomic mass is 10.0. The molecule has 0 saturated heterocycles. The summed E-state index contributed by atoms with van der Waals surface area (Å²) in [5.74, 6) is 0. The average molecular weight is 386 g/mol. The normalized spacial score (nSPS) is 16.1. The van der Waals surface area contributed by atoms with Crippen LogP contribution in [0.25, 0.3) is 27.4 Å². The van der Waals surface area contributed by atoms with Gasteiger partial charge in [-0.3, -0.25) is 0 Å². The molecule has 3 nitrogen and oxygen atoms in total. The fraction of sp³-hybridized carbons (Fsp3) is 0.278. The summed E-state index contributed by atoms with van der Waals surface area (Å²) in [4.78, 5) is 6.43. The van der Waals surface area contributed by atoms with Gasteiger partial charge in [-0.15, -0.1) is 0 Å². The Morgan fingerprint density at radius 2 is 1.78 bits per heavy atom. The van der Waals surface area contributed by atoms with Crippen molar-refractivity contribution in [1.29, 1.82) is 0 Å². The van der Waals surface area contributed by atoms with E-state index in [1.165, 1.54) is 12.1 Å². The molecular formula is C18H12F6N2O. The molecule has 27 heavy (non-hydrogen) atoms. The molecule has 1 aliphatic heterocycles. The minimum absolute atomic E-state index is 0.0755. The van der Waals surface area contributed by atoms with Crippen LogP contribution in [0.2, 0.25) is 0 Å². The van der Waals surface area contributed by atoms with E-state index >= 15 is 0 Å². The van der Waals surface area contributed by atoms with E-state index < -0.39 is 23.6 Å². The topological polar surface area (TPSA) is 37.9 Å². The van der Waals surface area contributed by atoms with Crippen LogP contribution in [0.5, 0.6) is 0 Å². The van der Waals surface area contributed by atoms with Gasteiger partial charge in [0.1, 0.15) is 5.69 Å². The van der Waals surface area contributed by atoms with Gasteiger partial charge in [0.15, 0.2) is 0 Å². The van der Waals surface area contributed by atoms with Crippen LogP contribution in [0.15, 0.2) is 30.3 Å². The summed E-state index contributed by atoms with van der Waals surface area (Å²) in [6.07, 6.45) is -7.50. The third-order valence-corrected chi connectivity index (χ3v) is 4.48. The molecule has 1 aliphatic rings. The van der Waals surface area contributed by atoms with Crippen LogP contribution in [0.1, 0.15) is 23.4 Å². The fourth-order valence-electron chi connectivity index (χ4n) is 3.20. The highest BCUT2D eigenvalue weighted by atomic mass is 19.4. The van der Waals surface area contributed by atoms with Crippen LogP contribution < -0.4 is 0 Å². The quantitative estimate of drug-likeness (QED) is 0.557. The minimum Gasteiger partial charge on any atom is -0.377 e. The number of aromatic amines is 1. The highest BCUT2D eigenvalue weighted by molar-refractivity contribution is 6.05. The summed E-state index contributed by atoms with van der Waals surface area (Å²) in [5, 5.41) is 0.113. The van der Waals surface area contributed by atoms with Crippen LogP contribution in [-0.4, -0.2) is 23.2 Å². The molecule has 0 atom stereocenters. The third-order valence-electron chi connectivity index (χ3n) is 4.48. The molecule has 0 spiro atoms. The Morgan fingerprint density at radius 1 is 1.00 bits per heavy atom. The zero-order valence-corrected chi connectivity index (χ0v) is 13.6. The molecule has 3 heterocycles. The van der Waals surface area contributed by atoms with E-state index in [0.29, 0.717) is 30.7 Å². The first-order chi connectivity index (χ1) is 12.6. The van der Waals surface area contributed by atoms with Crippen LogP contribution in [0.3, 0.4) is 0 Å². The number of benzene rings is 1. The van der Waals surface area contributed by atoms with E-state index in [2.05, 4.69) is 9.97 Å². The summed E-state index contributed by atoms with van der Waals surface area (Å²) in [5.41, 5.74) is -1.64. The van der Waals surface area contributed by atoms with E-state index in [9.17, 15) is 26.3 Å². The van der Waals surface area contributed by atoms with Gasteiger partial charge in [-0.25, -0.2) is 4.98 Å². The van der Waals surface area contributed by atoms with Gasteiger partial charge in [-0.05, 0) is 24.1 Å². The van der Waals surface area contributed by atoms with Gasteiger partial charge < -0.3 is 9.72 Å². The van der Waals surface area contributed by atoms with E-state index in [-0.39, 0.29) is 22.5 Å². The van der Waals surface area contributed by atoms with Gasteiger partial charge in [0, 0.05) is 10.8 Å². The van der Waals surface area contributed by atoms with Crippen LogP contribution in [-0.2, 0) is 17.1 Å². The van der Waals surface area contributed by atoms with Crippen molar-refractivity contribution in [3.05, 3.63) is 47.3 Å². The molecule has 142 valence electrons. The van der Waals surface area contributed by atoms with E-state index in [4.69, 9.17) is 4.74 Å². The number of nitrogens with one attached hydrogen (secondary N) is 1. The SMILES string of the molecule is FC(F)(F)c1cc(C(F)(F)F)c2ccc3cc(C4=CCOCC4)nc3c2[nH]1. The Bertz CT molecular complexity index is 1060. The molecule has 0 radical (unpaired) electrons. The monoisotopic (exact) mass is 386 g/mol. The van der Waals surface area contributed by atoms with Crippen molar-refractivity contribution in [3.8, 4) is 0 Å². The number of pyridine rings is 1. The molecule has 0 fully saturated rings. The molecule has 2 aromatic heterocycles. The molecule has 0 amide bonds. The number of hydrogen-bond donors (Lipinski definition) is 1. The first-order valence-electron chi connectivity index (χ1n) is 8.02. The standard InChI is InChI=1S/C18H12F6N2O/c19-17(20,21)12-8-14(18(22,23)24)26-16-11(12)2-1-10-7-13(25-15(10)16)9-3-5-27-6-4-9/h1-3,7-8,26H,4-6H2. The van der Waals surface area contributed by atoms with Crippen LogP contribution in [0, 0.1) is 0 Å². The average Bonchev–Trinajstić information content (AvgIpc) is 3.04. The number of aromatic nitrogens is 2. The maximum Gasteiger partial charge on any atom is 0.431 e. The second-order valence-electron chi connectivity index (χ2n) is 6.21. The first kappa shape index (κ1) is 17.8. The molecule has 1 aromatic carbocycles. The minimum atomic E-state index is -4.95. The Kier molecular flexibility index (Phi) is 3.95. The number of nitrogens with zero attached hydrogens (tertiary/aromatic N) is 1. The second kappa shape index (κ2) is 5.98. The maximum absolute atomic E-state index is 13.4. The lowest BCUT2D eigenvalue weighted by molar-refractivity contribution is -0.144. The van der Waals surface area contributed by atoms with Gasteiger partial charge >= 0.3 is 12.4 Å². The van der Waals surface area contributed by atoms with Crippen molar-refractivity contribution < 1.29 is 31.1 Å². The molecule has 9 heteroatoms. The van der Waals surface area contributed by atoms with Gasteiger partial charge in [-0.1, -0.05) is 18.2 Å². The van der Waals surface area contributed by atoms with E-state index in [0.717, 1.165) is 5.57 Å². The number of fused-ring (bicyclic) bond motifs is 3. The Labute approximate surface area is 148 Å². The molecule has 3 aromatic rings. The predicted molar refractivity (Wildman–Crippen MR) is 87.0 cm³/mol. The summed E-state index contributed by atoms with van der Waals surface area (Å²) >= 11 is 0. The third kappa shape index (κ3) is 3.16. The Morgan fingerprint density at radius 3 is 2.41 bits per heavy atom. The fourth-order valence-corrected chi connectivity index (χ4v) is 3.20. The summed E-state index contributed by atoms with van der Waals surface area (Å²) in [6.45, 7) is 0.875. The summed E-state index contributed by atoms with van der Waals surface area (Å²) < 4.78 is 84.7. The van der Waals surface area contributed by atoms with Crippen molar-refractivity contribution >= 4 is 27.4 Å². The van der Waals surface area contributed by atoms with E-state index in [1.54, 1.807) is 12.1 Å². The summed E-state index contributed by atoms with van der Waals surface area (Å²) in [6, 6.07) is 4.36. The number of H-pyrrole nitrogens is 1.